The van der Waals surface area contributed by atoms with Gasteiger partial charge < -0.3 is 10.4 Å². The monoisotopic (exact) mass is 437 g/mol. The summed E-state index contributed by atoms with van der Waals surface area (Å²) >= 11 is 0. The van der Waals surface area contributed by atoms with Crippen molar-refractivity contribution in [3.8, 4) is 5.75 Å². The molecule has 3 amide bonds. The summed E-state index contributed by atoms with van der Waals surface area (Å²) in [6.07, 6.45) is 0.359. The molecule has 166 valence electrons. The summed E-state index contributed by atoms with van der Waals surface area (Å²) in [4.78, 5) is 41.8. The normalized spacial score (nSPS) is 28.9. The highest BCUT2D eigenvalue weighted by Gasteiger charge is 2.71. The number of halogens is 1. The van der Waals surface area contributed by atoms with Gasteiger partial charge in [0.15, 0.2) is 0 Å². The first-order chi connectivity index (χ1) is 15.0. The molecular weight excluding hydrogens is 413 g/mol. The Hall–Kier alpha value is -3.26. The van der Waals surface area contributed by atoms with Crippen LogP contribution in [0.4, 0.5) is 10.1 Å². The third-order valence-electron chi connectivity index (χ3n) is 6.74. The van der Waals surface area contributed by atoms with Crippen molar-refractivity contribution < 1.29 is 23.9 Å². The van der Waals surface area contributed by atoms with Crippen LogP contribution in [0.3, 0.4) is 0 Å². The Morgan fingerprint density at radius 3 is 2.41 bits per heavy atom. The number of aromatic hydroxyl groups is 1. The highest BCUT2D eigenvalue weighted by atomic mass is 19.1. The highest BCUT2D eigenvalue weighted by molar-refractivity contribution is 6.15. The Morgan fingerprint density at radius 2 is 1.75 bits per heavy atom. The molecule has 4 atom stereocenters. The minimum atomic E-state index is -1.53. The van der Waals surface area contributed by atoms with E-state index in [1.165, 1.54) is 23.1 Å². The lowest BCUT2D eigenvalue weighted by Crippen LogP contribution is -2.56. The molecule has 0 radical (unpaired) electrons. The van der Waals surface area contributed by atoms with Gasteiger partial charge in [0.05, 0.1) is 11.8 Å². The van der Waals surface area contributed by atoms with E-state index in [0.29, 0.717) is 17.7 Å². The highest BCUT2D eigenvalue weighted by Crippen LogP contribution is 2.54. The molecule has 1 spiro atoms. The first kappa shape index (κ1) is 20.6. The quantitative estimate of drug-likeness (QED) is 0.627. The van der Waals surface area contributed by atoms with Crippen molar-refractivity contribution in [1.82, 2.24) is 10.2 Å². The van der Waals surface area contributed by atoms with Gasteiger partial charge in [0.25, 0.3) is 0 Å². The van der Waals surface area contributed by atoms with E-state index < -0.39 is 46.6 Å². The molecule has 2 aromatic carbocycles. The van der Waals surface area contributed by atoms with E-state index in [9.17, 15) is 23.9 Å². The molecule has 3 heterocycles. The number of carbonyl (C=O) groups is 3. The van der Waals surface area contributed by atoms with E-state index in [4.69, 9.17) is 0 Å². The lowest BCUT2D eigenvalue weighted by Gasteiger charge is -2.34. The van der Waals surface area contributed by atoms with E-state index in [2.05, 4.69) is 10.6 Å². The molecule has 3 N–H and O–H groups in total. The fraction of sp³-hybridized carbons (Fsp3) is 0.375. The minimum Gasteiger partial charge on any atom is -0.508 e. The molecule has 0 aromatic heterocycles. The number of hydrogen-bond acceptors (Lipinski definition) is 5. The molecule has 32 heavy (non-hydrogen) atoms. The van der Waals surface area contributed by atoms with Crippen LogP contribution in [0.5, 0.6) is 5.75 Å². The molecule has 0 unspecified atom stereocenters. The smallest absolute Gasteiger partial charge is 0.250 e. The van der Waals surface area contributed by atoms with Crippen molar-refractivity contribution in [1.29, 1.82) is 0 Å². The molecule has 2 aromatic rings. The SMILES string of the molecule is CC(C)(C)N1C(=O)[C@H]2[C@@H](C1=O)[C@]1(N[C@@H]2Cc2ccc(O)cc2)C(=O)Nc2ccc(F)cc21. The van der Waals surface area contributed by atoms with E-state index >= 15 is 0 Å². The van der Waals surface area contributed by atoms with Gasteiger partial charge in [-0.2, -0.15) is 0 Å². The average molecular weight is 437 g/mol. The Labute approximate surface area is 184 Å². The third-order valence-corrected chi connectivity index (χ3v) is 6.74. The number of hydrogen-bond donors (Lipinski definition) is 3. The second kappa shape index (κ2) is 6.62. The Morgan fingerprint density at radius 1 is 1.06 bits per heavy atom. The van der Waals surface area contributed by atoms with Crippen molar-refractivity contribution in [3.05, 3.63) is 59.4 Å². The molecule has 2 fully saturated rings. The van der Waals surface area contributed by atoms with E-state index in [0.717, 1.165) is 5.56 Å². The van der Waals surface area contributed by atoms with Gasteiger partial charge >= 0.3 is 0 Å². The zero-order valence-corrected chi connectivity index (χ0v) is 18.0. The number of carbonyl (C=O) groups excluding carboxylic acids is 3. The van der Waals surface area contributed by atoms with Crippen molar-refractivity contribution in [3.63, 3.8) is 0 Å². The number of amides is 3. The number of nitrogens with one attached hydrogen (secondary N) is 2. The Kier molecular flexibility index (Phi) is 4.27. The van der Waals surface area contributed by atoms with Crippen LogP contribution in [0.1, 0.15) is 31.9 Å². The van der Waals surface area contributed by atoms with Crippen molar-refractivity contribution in [2.75, 3.05) is 5.32 Å². The van der Waals surface area contributed by atoms with Crippen LogP contribution in [-0.4, -0.2) is 39.3 Å². The lowest BCUT2D eigenvalue weighted by atomic mass is 9.76. The number of imide groups is 1. The predicted octanol–water partition coefficient (Wildman–Crippen LogP) is 2.29. The number of benzene rings is 2. The van der Waals surface area contributed by atoms with Crippen LogP contribution >= 0.6 is 0 Å². The molecule has 5 rings (SSSR count). The zero-order chi connectivity index (χ0) is 23.0. The van der Waals surface area contributed by atoms with Crippen LogP contribution in [0, 0.1) is 17.7 Å². The van der Waals surface area contributed by atoms with Crippen LogP contribution < -0.4 is 10.6 Å². The van der Waals surface area contributed by atoms with Crippen LogP contribution in [0.25, 0.3) is 0 Å². The first-order valence-electron chi connectivity index (χ1n) is 10.6. The minimum absolute atomic E-state index is 0.119. The molecule has 3 aliphatic rings. The van der Waals surface area contributed by atoms with Crippen LogP contribution in [0.15, 0.2) is 42.5 Å². The molecule has 7 nitrogen and oxygen atoms in total. The maximum Gasteiger partial charge on any atom is 0.250 e. The average Bonchev–Trinajstić information content (AvgIpc) is 3.28. The molecular formula is C24H24FN3O4. The van der Waals surface area contributed by atoms with E-state index in [1.807, 2.05) is 0 Å². The van der Waals surface area contributed by atoms with Gasteiger partial charge in [0, 0.05) is 22.8 Å². The molecule has 0 aliphatic carbocycles. The molecule has 0 bridgehead atoms. The summed E-state index contributed by atoms with van der Waals surface area (Å²) in [6.45, 7) is 5.34. The maximum absolute atomic E-state index is 14.2. The summed E-state index contributed by atoms with van der Waals surface area (Å²) in [6, 6.07) is 10.0. The van der Waals surface area contributed by atoms with Gasteiger partial charge in [-0.3, -0.25) is 24.6 Å². The summed E-state index contributed by atoms with van der Waals surface area (Å²) in [5, 5.41) is 15.7. The number of rotatable bonds is 2. The second-order valence-corrected chi connectivity index (χ2v) is 9.76. The van der Waals surface area contributed by atoms with Gasteiger partial charge in [-0.05, 0) is 63.1 Å². The second-order valence-electron chi connectivity index (χ2n) is 9.76. The van der Waals surface area contributed by atoms with Crippen LogP contribution in [-0.2, 0) is 26.3 Å². The van der Waals surface area contributed by atoms with Crippen molar-refractivity contribution in [2.45, 2.75) is 44.3 Å². The summed E-state index contributed by atoms with van der Waals surface area (Å²) in [7, 11) is 0. The number of nitrogens with zero attached hydrogens (tertiary/aromatic N) is 1. The predicted molar refractivity (Wildman–Crippen MR) is 114 cm³/mol. The largest absolute Gasteiger partial charge is 0.508 e. The van der Waals surface area contributed by atoms with E-state index in [1.54, 1.807) is 45.0 Å². The Bertz CT molecular complexity index is 1160. The van der Waals surface area contributed by atoms with Gasteiger partial charge in [-0.1, -0.05) is 12.1 Å². The standard InChI is InChI=1S/C24H24FN3O4/c1-23(2,3)28-20(30)18-17(10-12-4-7-14(29)8-5-12)27-24(19(18)21(28)31)15-11-13(25)6-9-16(15)26-22(24)32/h4-9,11,17-19,27,29H,10H2,1-3H3,(H,26,32)/t17-,18-,19+,24+/m1/s1. The number of phenolic OH excluding ortho intramolecular Hbond substituents is 1. The third kappa shape index (κ3) is 2.72. The fourth-order valence-corrected chi connectivity index (χ4v) is 5.50. The number of fused-ring (bicyclic) bond motifs is 4. The van der Waals surface area contributed by atoms with Crippen molar-refractivity contribution >= 4 is 23.4 Å². The van der Waals surface area contributed by atoms with Crippen LogP contribution in [0.2, 0.25) is 0 Å². The Balaban J connectivity index is 1.66. The first-order valence-corrected chi connectivity index (χ1v) is 10.6. The summed E-state index contributed by atoms with van der Waals surface area (Å²) < 4.78 is 14.2. The zero-order valence-electron chi connectivity index (χ0n) is 18.0. The maximum atomic E-state index is 14.2. The summed E-state index contributed by atoms with van der Waals surface area (Å²) in [5.74, 6) is -3.40. The van der Waals surface area contributed by atoms with Gasteiger partial charge in [0.1, 0.15) is 17.1 Å². The molecule has 3 aliphatic heterocycles. The van der Waals surface area contributed by atoms with Gasteiger partial charge in [0.2, 0.25) is 17.7 Å². The lowest BCUT2D eigenvalue weighted by molar-refractivity contribution is -0.147. The summed E-state index contributed by atoms with van der Waals surface area (Å²) in [5.41, 5.74) is -0.674. The van der Waals surface area contributed by atoms with E-state index in [-0.39, 0.29) is 11.7 Å². The van der Waals surface area contributed by atoms with Crippen molar-refractivity contribution in [2.24, 2.45) is 11.8 Å². The molecule has 8 heteroatoms. The van der Waals surface area contributed by atoms with Gasteiger partial charge in [-0.25, -0.2) is 4.39 Å². The number of anilines is 1. The topological polar surface area (TPSA) is 98.7 Å². The number of likely N-dealkylation sites (tertiary alicyclic amines) is 1. The van der Waals surface area contributed by atoms with Gasteiger partial charge in [-0.15, -0.1) is 0 Å². The molecule has 2 saturated heterocycles. The number of phenols is 1. The fourth-order valence-electron chi connectivity index (χ4n) is 5.50. The molecule has 0 saturated carbocycles.